The van der Waals surface area contributed by atoms with E-state index in [0.29, 0.717) is 6.42 Å². The SMILES string of the molecule is CCC/C=C/CC/C=C/CC/C=C/C(O)C(CO)NC(=O)CCC/C=C\CCCCCC. The molecule has 0 aromatic carbocycles. The van der Waals surface area contributed by atoms with E-state index in [-0.39, 0.29) is 12.5 Å². The van der Waals surface area contributed by atoms with Crippen molar-refractivity contribution in [2.24, 2.45) is 0 Å². The number of carbonyl (C=O) groups is 1. The van der Waals surface area contributed by atoms with E-state index in [1.54, 1.807) is 6.08 Å². The molecule has 0 aliphatic carbocycles. The zero-order valence-electron chi connectivity index (χ0n) is 20.7. The van der Waals surface area contributed by atoms with Gasteiger partial charge in [-0.2, -0.15) is 0 Å². The summed E-state index contributed by atoms with van der Waals surface area (Å²) in [7, 11) is 0. The van der Waals surface area contributed by atoms with E-state index in [2.05, 4.69) is 55.6 Å². The number of aliphatic hydroxyl groups excluding tert-OH is 2. The fraction of sp³-hybridized carbons (Fsp3) is 0.679. The molecule has 0 aromatic heterocycles. The quantitative estimate of drug-likeness (QED) is 0.138. The molecule has 1 amide bonds. The fourth-order valence-corrected chi connectivity index (χ4v) is 3.22. The highest BCUT2D eigenvalue weighted by Gasteiger charge is 2.17. The van der Waals surface area contributed by atoms with Crippen molar-refractivity contribution in [1.29, 1.82) is 0 Å². The summed E-state index contributed by atoms with van der Waals surface area (Å²) in [5, 5.41) is 22.5. The third kappa shape index (κ3) is 20.3. The number of rotatable bonds is 21. The lowest BCUT2D eigenvalue weighted by Crippen LogP contribution is -2.45. The van der Waals surface area contributed by atoms with Crippen LogP contribution in [0.5, 0.6) is 0 Å². The predicted molar refractivity (Wildman–Crippen MR) is 138 cm³/mol. The number of aliphatic hydroxyl groups is 2. The van der Waals surface area contributed by atoms with Gasteiger partial charge in [0, 0.05) is 6.42 Å². The fourth-order valence-electron chi connectivity index (χ4n) is 3.22. The largest absolute Gasteiger partial charge is 0.394 e. The number of unbranched alkanes of at least 4 members (excludes halogenated alkanes) is 8. The van der Waals surface area contributed by atoms with Crippen molar-refractivity contribution < 1.29 is 15.0 Å². The first-order chi connectivity index (χ1) is 15.7. The Labute approximate surface area is 197 Å². The summed E-state index contributed by atoms with van der Waals surface area (Å²) in [5.74, 6) is -0.122. The summed E-state index contributed by atoms with van der Waals surface area (Å²) < 4.78 is 0. The molecule has 2 atom stereocenters. The summed E-state index contributed by atoms with van der Waals surface area (Å²) in [4.78, 5) is 12.1. The first-order valence-electron chi connectivity index (χ1n) is 12.9. The summed E-state index contributed by atoms with van der Waals surface area (Å²) in [5.41, 5.74) is 0. The molecule has 0 bridgehead atoms. The van der Waals surface area contributed by atoms with Crippen molar-refractivity contribution in [3.63, 3.8) is 0 Å². The van der Waals surface area contributed by atoms with E-state index in [4.69, 9.17) is 0 Å². The van der Waals surface area contributed by atoms with E-state index < -0.39 is 12.1 Å². The van der Waals surface area contributed by atoms with Crippen LogP contribution in [0.3, 0.4) is 0 Å². The Bertz CT molecular complexity index is 537. The lowest BCUT2D eigenvalue weighted by Gasteiger charge is -2.19. The van der Waals surface area contributed by atoms with Gasteiger partial charge in [-0.15, -0.1) is 0 Å². The van der Waals surface area contributed by atoms with Crippen LogP contribution >= 0.6 is 0 Å². The maximum Gasteiger partial charge on any atom is 0.220 e. The summed E-state index contributed by atoms with van der Waals surface area (Å²) in [6.07, 6.45) is 30.4. The Morgan fingerprint density at radius 2 is 1.28 bits per heavy atom. The van der Waals surface area contributed by atoms with E-state index in [0.717, 1.165) is 51.4 Å². The first kappa shape index (κ1) is 30.4. The van der Waals surface area contributed by atoms with Crippen molar-refractivity contribution in [3.05, 3.63) is 48.6 Å². The van der Waals surface area contributed by atoms with Gasteiger partial charge in [0.05, 0.1) is 18.8 Å². The molecule has 4 nitrogen and oxygen atoms in total. The van der Waals surface area contributed by atoms with E-state index in [1.165, 1.54) is 32.1 Å². The Kier molecular flexibility index (Phi) is 22.8. The Balaban J connectivity index is 3.92. The van der Waals surface area contributed by atoms with Crippen LogP contribution in [-0.2, 0) is 4.79 Å². The van der Waals surface area contributed by atoms with E-state index in [1.807, 2.05) is 6.08 Å². The van der Waals surface area contributed by atoms with E-state index in [9.17, 15) is 15.0 Å². The minimum atomic E-state index is -0.875. The van der Waals surface area contributed by atoms with Gasteiger partial charge >= 0.3 is 0 Å². The molecule has 0 aromatic rings. The standard InChI is InChI=1S/C28H49NO3/c1-3-5-7-9-11-13-14-16-17-19-21-23-27(31)26(25-30)29-28(32)24-22-20-18-15-12-10-8-6-4-2/h7,9,14-16,18,21,23,26-27,30-31H,3-6,8,10-13,17,19-20,22,24-25H2,1-2H3,(H,29,32)/b9-7+,16-14+,18-15-,23-21+. The van der Waals surface area contributed by atoms with Crippen molar-refractivity contribution in [3.8, 4) is 0 Å². The zero-order chi connectivity index (χ0) is 23.7. The first-order valence-corrected chi connectivity index (χ1v) is 12.9. The van der Waals surface area contributed by atoms with Crippen molar-refractivity contribution in [2.75, 3.05) is 6.61 Å². The van der Waals surface area contributed by atoms with Gasteiger partial charge in [0.25, 0.3) is 0 Å². The molecule has 0 heterocycles. The molecule has 0 aliphatic heterocycles. The molecule has 32 heavy (non-hydrogen) atoms. The van der Waals surface area contributed by atoms with Gasteiger partial charge in [-0.3, -0.25) is 4.79 Å². The van der Waals surface area contributed by atoms with Gasteiger partial charge < -0.3 is 15.5 Å². The van der Waals surface area contributed by atoms with Crippen LogP contribution in [0.4, 0.5) is 0 Å². The average Bonchev–Trinajstić information content (AvgIpc) is 2.79. The van der Waals surface area contributed by atoms with Crippen LogP contribution < -0.4 is 5.32 Å². The van der Waals surface area contributed by atoms with Gasteiger partial charge in [-0.25, -0.2) is 0 Å². The van der Waals surface area contributed by atoms with Crippen molar-refractivity contribution in [2.45, 2.75) is 116 Å². The van der Waals surface area contributed by atoms with Crippen LogP contribution in [0.15, 0.2) is 48.6 Å². The number of carbonyl (C=O) groups excluding carboxylic acids is 1. The second-order valence-electron chi connectivity index (χ2n) is 8.37. The third-order valence-corrected chi connectivity index (χ3v) is 5.24. The number of nitrogens with one attached hydrogen (secondary N) is 1. The molecule has 0 saturated carbocycles. The van der Waals surface area contributed by atoms with Crippen LogP contribution in [0, 0.1) is 0 Å². The maximum absolute atomic E-state index is 12.1. The highest BCUT2D eigenvalue weighted by Crippen LogP contribution is 2.06. The van der Waals surface area contributed by atoms with Crippen LogP contribution in [0.1, 0.15) is 104 Å². The minimum Gasteiger partial charge on any atom is -0.394 e. The van der Waals surface area contributed by atoms with Gasteiger partial charge in [0.2, 0.25) is 5.91 Å². The second kappa shape index (κ2) is 24.0. The summed E-state index contributed by atoms with van der Waals surface area (Å²) in [6.45, 7) is 4.12. The normalized spacial score (nSPS) is 14.2. The Morgan fingerprint density at radius 3 is 1.88 bits per heavy atom. The maximum atomic E-state index is 12.1. The van der Waals surface area contributed by atoms with Crippen LogP contribution in [-0.4, -0.2) is 34.9 Å². The highest BCUT2D eigenvalue weighted by molar-refractivity contribution is 5.76. The van der Waals surface area contributed by atoms with Gasteiger partial charge in [0.1, 0.15) is 0 Å². The molecule has 0 rings (SSSR count). The monoisotopic (exact) mass is 447 g/mol. The molecule has 3 N–H and O–H groups in total. The van der Waals surface area contributed by atoms with Crippen molar-refractivity contribution in [1.82, 2.24) is 5.32 Å². The zero-order valence-corrected chi connectivity index (χ0v) is 20.7. The smallest absolute Gasteiger partial charge is 0.220 e. The minimum absolute atomic E-state index is 0.122. The molecule has 0 saturated heterocycles. The topological polar surface area (TPSA) is 69.6 Å². The Hall–Kier alpha value is -1.65. The molecule has 184 valence electrons. The summed E-state index contributed by atoms with van der Waals surface area (Å²) in [6, 6.07) is -0.654. The summed E-state index contributed by atoms with van der Waals surface area (Å²) >= 11 is 0. The molecule has 0 radical (unpaired) electrons. The van der Waals surface area contributed by atoms with Crippen LogP contribution in [0.25, 0.3) is 0 Å². The number of amides is 1. The number of allylic oxidation sites excluding steroid dienone is 7. The predicted octanol–water partition coefficient (Wildman–Crippen LogP) is 6.55. The lowest BCUT2D eigenvalue weighted by atomic mass is 10.1. The van der Waals surface area contributed by atoms with Crippen LogP contribution in [0.2, 0.25) is 0 Å². The van der Waals surface area contributed by atoms with Gasteiger partial charge in [0.15, 0.2) is 0 Å². The number of hydrogen-bond donors (Lipinski definition) is 3. The molecule has 0 aliphatic rings. The molecule has 2 unspecified atom stereocenters. The van der Waals surface area contributed by atoms with Gasteiger partial charge in [-0.05, 0) is 57.8 Å². The second-order valence-corrected chi connectivity index (χ2v) is 8.37. The van der Waals surface area contributed by atoms with E-state index >= 15 is 0 Å². The number of hydrogen-bond acceptors (Lipinski definition) is 3. The third-order valence-electron chi connectivity index (χ3n) is 5.24. The van der Waals surface area contributed by atoms with Gasteiger partial charge in [-0.1, -0.05) is 88.1 Å². The molecule has 4 heteroatoms. The molecule has 0 fully saturated rings. The lowest BCUT2D eigenvalue weighted by molar-refractivity contribution is -0.122. The van der Waals surface area contributed by atoms with Crippen molar-refractivity contribution >= 4 is 5.91 Å². The average molecular weight is 448 g/mol. The highest BCUT2D eigenvalue weighted by atomic mass is 16.3. The molecular weight excluding hydrogens is 398 g/mol. The molecular formula is C28H49NO3. The molecule has 0 spiro atoms. The Morgan fingerprint density at radius 1 is 0.719 bits per heavy atom.